The molecule has 9 nitrogen and oxygen atoms in total. The summed E-state index contributed by atoms with van der Waals surface area (Å²) in [6.45, 7) is 8.58. The Morgan fingerprint density at radius 3 is 2.48 bits per heavy atom. The molecule has 0 spiro atoms. The van der Waals surface area contributed by atoms with Gasteiger partial charge in [0.1, 0.15) is 17.5 Å². The van der Waals surface area contributed by atoms with Gasteiger partial charge in [0.05, 0.1) is 37.3 Å². The van der Waals surface area contributed by atoms with Crippen molar-refractivity contribution in [2.75, 3.05) is 51.8 Å². The number of likely N-dealkylation sites (tertiary alicyclic amines) is 2. The maximum Gasteiger partial charge on any atom is 0.410 e. The number of aromatic nitrogens is 1. The largest absolute Gasteiger partial charge is 0.494 e. The number of anilines is 1. The van der Waals surface area contributed by atoms with Crippen molar-refractivity contribution in [2.45, 2.75) is 38.9 Å². The van der Waals surface area contributed by atoms with Crippen LogP contribution in [-0.2, 0) is 9.53 Å². The first-order valence-corrected chi connectivity index (χ1v) is 14.4. The van der Waals surface area contributed by atoms with Crippen molar-refractivity contribution in [1.82, 2.24) is 14.8 Å². The second-order valence-corrected chi connectivity index (χ2v) is 12.5. The number of piperidine rings is 1. The SMILES string of the molecule is COc1cc2nc(-c3ccc(OC4CN(C(=O)OC(C)(C)C)C4)cc3)cc(N3C[C@@H]4CCN(C)C(=O)[C@@H]4C3)c2cc1F. The average Bonchev–Trinajstić information content (AvgIpc) is 3.36. The summed E-state index contributed by atoms with van der Waals surface area (Å²) in [6, 6.07) is 12.8. The summed E-state index contributed by atoms with van der Waals surface area (Å²) < 4.78 is 31.6. The van der Waals surface area contributed by atoms with Gasteiger partial charge in [-0.1, -0.05) is 0 Å². The number of hydrogen-bond acceptors (Lipinski definition) is 7. The molecular formula is C32H37FN4O5. The molecule has 3 fully saturated rings. The zero-order chi connectivity index (χ0) is 29.8. The molecule has 3 aliphatic rings. The van der Waals surface area contributed by atoms with Crippen molar-refractivity contribution in [3.05, 3.63) is 48.3 Å². The average molecular weight is 577 g/mol. The first-order chi connectivity index (χ1) is 20.0. The summed E-state index contributed by atoms with van der Waals surface area (Å²) in [4.78, 5) is 35.6. The number of methoxy groups -OCH3 is 1. The third kappa shape index (κ3) is 5.42. The Kier molecular flexibility index (Phi) is 7.11. The minimum absolute atomic E-state index is 0.0623. The van der Waals surface area contributed by atoms with E-state index in [1.165, 1.54) is 13.2 Å². The summed E-state index contributed by atoms with van der Waals surface area (Å²) in [5.74, 6) is 0.774. The zero-order valence-electron chi connectivity index (χ0n) is 24.7. The van der Waals surface area contributed by atoms with Gasteiger partial charge in [-0.05, 0) is 69.5 Å². The van der Waals surface area contributed by atoms with Gasteiger partial charge in [-0.3, -0.25) is 4.79 Å². The van der Waals surface area contributed by atoms with E-state index in [1.54, 1.807) is 11.0 Å². The molecule has 0 bridgehead atoms. The van der Waals surface area contributed by atoms with Crippen molar-refractivity contribution in [2.24, 2.45) is 11.8 Å². The normalized spacial score (nSPS) is 20.9. The quantitative estimate of drug-likeness (QED) is 0.425. The van der Waals surface area contributed by atoms with Gasteiger partial charge in [0.15, 0.2) is 11.6 Å². The Morgan fingerprint density at radius 2 is 1.79 bits per heavy atom. The van der Waals surface area contributed by atoms with Crippen LogP contribution in [-0.4, -0.2) is 85.4 Å². The lowest BCUT2D eigenvalue weighted by molar-refractivity contribution is -0.137. The van der Waals surface area contributed by atoms with Gasteiger partial charge in [0.25, 0.3) is 0 Å². The molecule has 1 aromatic heterocycles. The fraction of sp³-hybridized carbons (Fsp3) is 0.469. The number of hydrogen-bond donors (Lipinski definition) is 0. The smallest absolute Gasteiger partial charge is 0.410 e. The monoisotopic (exact) mass is 576 g/mol. The highest BCUT2D eigenvalue weighted by Gasteiger charge is 2.42. The molecule has 222 valence electrons. The Hall–Kier alpha value is -4.08. The number of rotatable bonds is 5. The molecule has 3 aromatic rings. The molecule has 3 saturated heterocycles. The second-order valence-electron chi connectivity index (χ2n) is 12.5. The van der Waals surface area contributed by atoms with E-state index in [2.05, 4.69) is 4.90 Å². The van der Waals surface area contributed by atoms with Crippen LogP contribution >= 0.6 is 0 Å². The molecule has 0 aliphatic carbocycles. The number of nitrogens with zero attached hydrogens (tertiary/aromatic N) is 4. The summed E-state index contributed by atoms with van der Waals surface area (Å²) in [5.41, 5.74) is 2.56. The molecule has 0 radical (unpaired) electrons. The van der Waals surface area contributed by atoms with E-state index >= 15 is 0 Å². The van der Waals surface area contributed by atoms with Gasteiger partial charge in [-0.2, -0.15) is 0 Å². The lowest BCUT2D eigenvalue weighted by atomic mass is 9.88. The van der Waals surface area contributed by atoms with Gasteiger partial charge >= 0.3 is 6.09 Å². The topological polar surface area (TPSA) is 84.4 Å². The molecular weight excluding hydrogens is 539 g/mol. The van der Waals surface area contributed by atoms with Crippen LogP contribution in [0.25, 0.3) is 22.2 Å². The van der Waals surface area contributed by atoms with Crippen LogP contribution in [0.3, 0.4) is 0 Å². The van der Waals surface area contributed by atoms with Crippen molar-refractivity contribution < 1.29 is 28.2 Å². The van der Waals surface area contributed by atoms with E-state index in [9.17, 15) is 14.0 Å². The molecule has 3 aliphatic heterocycles. The first kappa shape index (κ1) is 28.1. The number of carbonyl (C=O) groups excluding carboxylic acids is 2. The van der Waals surface area contributed by atoms with Crippen LogP contribution in [0.2, 0.25) is 0 Å². The number of ether oxygens (including phenoxy) is 3. The number of fused-ring (bicyclic) bond motifs is 2. The van der Waals surface area contributed by atoms with Crippen LogP contribution in [0.15, 0.2) is 42.5 Å². The Bertz CT molecular complexity index is 1520. The maximum atomic E-state index is 14.9. The van der Waals surface area contributed by atoms with Crippen LogP contribution < -0.4 is 14.4 Å². The number of carbonyl (C=O) groups is 2. The van der Waals surface area contributed by atoms with E-state index in [4.69, 9.17) is 19.2 Å². The third-order valence-electron chi connectivity index (χ3n) is 8.32. The molecule has 4 heterocycles. The Labute approximate surface area is 245 Å². The molecule has 0 unspecified atom stereocenters. The predicted molar refractivity (Wildman–Crippen MR) is 157 cm³/mol. The lowest BCUT2D eigenvalue weighted by Crippen LogP contribution is -2.57. The molecule has 2 aromatic carbocycles. The second kappa shape index (κ2) is 10.6. The molecule has 0 saturated carbocycles. The summed E-state index contributed by atoms with van der Waals surface area (Å²) >= 11 is 0. The molecule has 0 N–H and O–H groups in total. The van der Waals surface area contributed by atoms with Crippen molar-refractivity contribution in [3.8, 4) is 22.8 Å². The lowest BCUT2D eigenvalue weighted by Gasteiger charge is -2.39. The number of pyridine rings is 1. The standard InChI is InChI=1S/C32H37FN4O5/c1-32(2,3)42-31(39)37-16-22(17-37)41-21-8-6-19(7-9-21)26-13-28(23-12-25(33)29(40-5)14-27(23)34-26)36-15-20-10-11-35(4)30(38)24(20)18-36/h6-9,12-14,20,22,24H,10-11,15-18H2,1-5H3/t20-,24+/m0/s1. The van der Waals surface area contributed by atoms with Gasteiger partial charge in [0.2, 0.25) is 5.91 Å². The maximum absolute atomic E-state index is 14.9. The number of halogens is 1. The van der Waals surface area contributed by atoms with Crippen molar-refractivity contribution in [3.63, 3.8) is 0 Å². The highest BCUT2D eigenvalue weighted by atomic mass is 19.1. The van der Waals surface area contributed by atoms with Gasteiger partial charge in [-0.25, -0.2) is 14.2 Å². The Morgan fingerprint density at radius 1 is 1.05 bits per heavy atom. The van der Waals surface area contributed by atoms with Crippen LogP contribution in [0.5, 0.6) is 11.5 Å². The summed E-state index contributed by atoms with van der Waals surface area (Å²) in [7, 11) is 3.30. The molecule has 42 heavy (non-hydrogen) atoms. The third-order valence-corrected chi connectivity index (χ3v) is 8.32. The van der Waals surface area contributed by atoms with Crippen molar-refractivity contribution in [1.29, 1.82) is 0 Å². The van der Waals surface area contributed by atoms with Crippen molar-refractivity contribution >= 4 is 28.6 Å². The number of amides is 2. The Balaban J connectivity index is 1.24. The zero-order valence-corrected chi connectivity index (χ0v) is 24.7. The van der Waals surface area contributed by atoms with Crippen LogP contribution in [0.1, 0.15) is 27.2 Å². The highest BCUT2D eigenvalue weighted by molar-refractivity contribution is 5.96. The minimum atomic E-state index is -0.532. The van der Waals surface area contributed by atoms with E-state index in [1.807, 2.05) is 63.1 Å². The first-order valence-electron chi connectivity index (χ1n) is 14.4. The fourth-order valence-corrected chi connectivity index (χ4v) is 6.05. The predicted octanol–water partition coefficient (Wildman–Crippen LogP) is 4.96. The number of benzene rings is 2. The highest BCUT2D eigenvalue weighted by Crippen LogP contribution is 2.40. The molecule has 2 atom stereocenters. The van der Waals surface area contributed by atoms with Gasteiger partial charge in [0, 0.05) is 49.4 Å². The van der Waals surface area contributed by atoms with Gasteiger partial charge < -0.3 is 28.9 Å². The molecule has 6 rings (SSSR count). The van der Waals surface area contributed by atoms with E-state index in [-0.39, 0.29) is 35.7 Å². The summed E-state index contributed by atoms with van der Waals surface area (Å²) in [6.07, 6.45) is 0.525. The van der Waals surface area contributed by atoms with E-state index < -0.39 is 11.4 Å². The van der Waals surface area contributed by atoms with Crippen LogP contribution in [0.4, 0.5) is 14.9 Å². The van der Waals surface area contributed by atoms with E-state index in [0.29, 0.717) is 36.3 Å². The van der Waals surface area contributed by atoms with Gasteiger partial charge in [-0.15, -0.1) is 0 Å². The van der Waals surface area contributed by atoms with E-state index in [0.717, 1.165) is 36.5 Å². The molecule has 2 amide bonds. The molecule has 10 heteroatoms. The summed E-state index contributed by atoms with van der Waals surface area (Å²) in [5, 5.41) is 0.691. The minimum Gasteiger partial charge on any atom is -0.494 e. The fourth-order valence-electron chi connectivity index (χ4n) is 6.05. The van der Waals surface area contributed by atoms with Crippen LogP contribution in [0, 0.1) is 17.7 Å².